The van der Waals surface area contributed by atoms with Gasteiger partial charge >= 0.3 is 0 Å². The Morgan fingerprint density at radius 1 is 0.345 bits per heavy atom. The summed E-state index contributed by atoms with van der Waals surface area (Å²) in [6, 6.07) is 58.1. The van der Waals surface area contributed by atoms with Gasteiger partial charge in [0.05, 0.1) is 107 Å². The molecule has 20 aromatic rings. The van der Waals surface area contributed by atoms with E-state index in [0.717, 1.165) is 185 Å². The number of nitrogens with zero attached hydrogens (tertiary/aromatic N) is 13. The Morgan fingerprint density at radius 2 is 0.697 bits per heavy atom. The molecule has 142 heavy (non-hydrogen) atoms. The molecule has 15 aromatic heterocycles. The minimum absolute atomic E-state index is 0.00698. The third-order valence-corrected chi connectivity index (χ3v) is 27.2. The van der Waals surface area contributed by atoms with Gasteiger partial charge in [0.2, 0.25) is 35.4 Å². The molecule has 5 amide bonds. The molecule has 5 aliphatic heterocycles. The van der Waals surface area contributed by atoms with Crippen LogP contribution in [-0.2, 0) is 62.6 Å². The van der Waals surface area contributed by atoms with E-state index in [0.29, 0.717) is 79.1 Å². The zero-order chi connectivity index (χ0) is 97.7. The number of pyridine rings is 5. The van der Waals surface area contributed by atoms with Crippen molar-refractivity contribution < 1.29 is 42.0 Å². The Balaban J connectivity index is 0.000000105. The van der Waals surface area contributed by atoms with Gasteiger partial charge in [-0.25, -0.2) is 34.9 Å². The molecule has 5 aliphatic rings. The number of anilines is 14. The van der Waals surface area contributed by atoms with E-state index < -0.39 is 5.92 Å². The maximum atomic E-state index is 13.0. The highest BCUT2D eigenvalue weighted by atomic mass is 32.1. The van der Waals surface area contributed by atoms with Crippen LogP contribution in [0.2, 0.25) is 0 Å². The Kier molecular flexibility index (Phi) is 24.8. The van der Waals surface area contributed by atoms with E-state index in [-0.39, 0.29) is 53.2 Å². The molecule has 10 N–H and O–H groups in total. The van der Waals surface area contributed by atoms with Gasteiger partial charge in [-0.05, 0) is 257 Å². The fraction of sp³-hybridized carbons (Fsp3) is 0.194. The molecular weight excluding hydrogens is 1830 g/mol. The maximum absolute atomic E-state index is 13.0. The SMILES string of the molecule is COc1ccc2c(c1)NC(=O)C(c1nc3ccc(C)cn3c1Nc1cnco1)C2.Cc1ccc2c(c1)NC(=O)C(c1nc3ccc(C)cn3c1NCc1cnco1)C2.Cc1ccc2c(c1)NC(=O)C(c1nc3ccc(C)cn3c1Nc1ccco1)C2.Cc1ccc2c(c1)NC(=O)C(c1nc3ccc(C)cn3c1Nc1cccs1)C2.Cc1ccc2c(c1)NC(=O)C(c1nc3ccc(C)cn3c1Nc1cncs1)C2. The molecular formula is C108H99N23O9S2. The van der Waals surface area contributed by atoms with E-state index in [1.165, 1.54) is 24.1 Å². The summed E-state index contributed by atoms with van der Waals surface area (Å²) in [5, 5.41) is 36.1. The highest BCUT2D eigenvalue weighted by Gasteiger charge is 2.40. The fourth-order valence-corrected chi connectivity index (χ4v) is 19.8. The normalized spacial score (nSPS) is 16.0. The van der Waals surface area contributed by atoms with E-state index in [1.807, 2.05) is 235 Å². The van der Waals surface area contributed by atoms with Crippen molar-refractivity contribution in [2.75, 3.05) is 60.3 Å². The topological polar surface area (TPSA) is 379 Å². The first-order chi connectivity index (χ1) is 68.9. The van der Waals surface area contributed by atoms with E-state index in [4.69, 9.17) is 42.9 Å². The summed E-state index contributed by atoms with van der Waals surface area (Å²) in [5.41, 5.74) is 29.4. The molecule has 25 rings (SSSR count). The van der Waals surface area contributed by atoms with Crippen LogP contribution in [0.1, 0.15) is 142 Å². The molecule has 20 heterocycles. The lowest BCUT2D eigenvalue weighted by molar-refractivity contribution is -0.118. The molecule has 0 spiro atoms. The zero-order valence-corrected chi connectivity index (χ0v) is 80.8. The number of carbonyl (C=O) groups excluding carboxylic acids is 5. The predicted octanol–water partition coefficient (Wildman–Crippen LogP) is 21.5. The van der Waals surface area contributed by atoms with Gasteiger partial charge in [-0.1, -0.05) is 84.9 Å². The molecule has 0 bridgehead atoms. The van der Waals surface area contributed by atoms with Crippen LogP contribution in [0.4, 0.5) is 79.3 Å². The number of imidazole rings is 5. The minimum Gasteiger partial charge on any atom is -0.497 e. The van der Waals surface area contributed by atoms with Gasteiger partial charge in [0.1, 0.15) is 73.8 Å². The van der Waals surface area contributed by atoms with Crippen molar-refractivity contribution in [2.45, 2.75) is 131 Å². The van der Waals surface area contributed by atoms with Crippen molar-refractivity contribution in [2.24, 2.45) is 0 Å². The Morgan fingerprint density at radius 3 is 1.04 bits per heavy atom. The lowest BCUT2D eigenvalue weighted by Crippen LogP contribution is -2.29. The number of amides is 5. The predicted molar refractivity (Wildman–Crippen MR) is 551 cm³/mol. The number of carbonyl (C=O) groups is 5. The monoisotopic (exact) mass is 1930 g/mol. The maximum Gasteiger partial charge on any atom is 0.234 e. The van der Waals surface area contributed by atoms with E-state index >= 15 is 0 Å². The summed E-state index contributed by atoms with van der Waals surface area (Å²) in [5.74, 6) is 4.34. The summed E-state index contributed by atoms with van der Waals surface area (Å²) in [7, 11) is 1.61. The number of nitrogens with one attached hydrogen (secondary N) is 10. The van der Waals surface area contributed by atoms with Gasteiger partial charge in [0.15, 0.2) is 18.7 Å². The second-order valence-electron chi connectivity index (χ2n) is 36.3. The Hall–Kier alpha value is -17.3. The van der Waals surface area contributed by atoms with Gasteiger partial charge in [0, 0.05) is 71.6 Å². The molecule has 0 aliphatic carbocycles. The van der Waals surface area contributed by atoms with Crippen LogP contribution < -0.4 is 57.9 Å². The molecule has 0 fully saturated rings. The molecule has 5 atom stereocenters. The third kappa shape index (κ3) is 18.8. The summed E-state index contributed by atoms with van der Waals surface area (Å²) in [6.45, 7) is 18.7. The van der Waals surface area contributed by atoms with Crippen molar-refractivity contribution in [1.82, 2.24) is 61.9 Å². The fourth-order valence-electron chi connectivity index (χ4n) is 18.6. The van der Waals surface area contributed by atoms with Crippen LogP contribution in [0.3, 0.4) is 0 Å². The van der Waals surface area contributed by atoms with Crippen molar-refractivity contribution in [3.8, 4) is 5.75 Å². The number of thiazole rings is 1. The lowest BCUT2D eigenvalue weighted by Gasteiger charge is -2.24. The number of oxazole rings is 2. The zero-order valence-electron chi connectivity index (χ0n) is 79.2. The van der Waals surface area contributed by atoms with Gasteiger partial charge in [-0.3, -0.25) is 51.0 Å². The van der Waals surface area contributed by atoms with Gasteiger partial charge in [0.25, 0.3) is 0 Å². The minimum atomic E-state index is -0.443. The number of hydrogen-bond donors (Lipinski definition) is 10. The Bertz CT molecular complexity index is 7770. The number of fused-ring (bicyclic) bond motifs is 10. The number of hydrogen-bond acceptors (Lipinski definition) is 24. The van der Waals surface area contributed by atoms with Gasteiger partial charge in [-0.2, -0.15) is 0 Å². The number of ether oxygens (including phenoxy) is 1. The highest BCUT2D eigenvalue weighted by Crippen LogP contribution is 2.45. The van der Waals surface area contributed by atoms with Crippen LogP contribution in [-0.4, -0.2) is 98.5 Å². The second-order valence-corrected chi connectivity index (χ2v) is 38.1. The van der Waals surface area contributed by atoms with Crippen LogP contribution in [0, 0.1) is 62.3 Å². The first-order valence-electron chi connectivity index (χ1n) is 46.5. The molecule has 712 valence electrons. The molecule has 0 saturated carbocycles. The number of methoxy groups -OCH3 is 1. The largest absolute Gasteiger partial charge is 0.497 e. The van der Waals surface area contributed by atoms with Crippen LogP contribution in [0.5, 0.6) is 5.75 Å². The van der Waals surface area contributed by atoms with Crippen LogP contribution in [0.25, 0.3) is 28.2 Å². The third-order valence-electron chi connectivity index (χ3n) is 25.8. The van der Waals surface area contributed by atoms with E-state index in [1.54, 1.807) is 48.8 Å². The van der Waals surface area contributed by atoms with Crippen molar-refractivity contribution in [1.29, 1.82) is 0 Å². The summed E-state index contributed by atoms with van der Waals surface area (Å²) >= 11 is 3.14. The summed E-state index contributed by atoms with van der Waals surface area (Å²) in [6.07, 6.45) is 22.5. The first kappa shape index (κ1) is 91.2. The number of aryl methyl sites for hydroxylation is 9. The number of rotatable bonds is 17. The smallest absolute Gasteiger partial charge is 0.234 e. The average molecular weight is 1930 g/mol. The molecule has 34 heteroatoms. The number of furan rings is 1. The van der Waals surface area contributed by atoms with Gasteiger partial charge in [-0.15, -0.1) is 22.7 Å². The quantitative estimate of drug-likeness (QED) is 0.0405. The first-order valence-corrected chi connectivity index (χ1v) is 48.3. The molecule has 0 radical (unpaired) electrons. The average Bonchev–Trinajstić information content (AvgIpc) is 1.58. The van der Waals surface area contributed by atoms with Crippen molar-refractivity contribution >= 4 is 160 Å². The number of aromatic nitrogens is 13. The second kappa shape index (κ2) is 38.6. The lowest BCUT2D eigenvalue weighted by atomic mass is 9.90. The number of benzene rings is 5. The van der Waals surface area contributed by atoms with Crippen LogP contribution in [0.15, 0.2) is 269 Å². The van der Waals surface area contributed by atoms with E-state index in [2.05, 4.69) is 130 Å². The molecule has 5 aromatic carbocycles. The molecule has 0 saturated heterocycles. The van der Waals surface area contributed by atoms with Crippen molar-refractivity contribution in [3.05, 3.63) is 368 Å². The highest BCUT2D eigenvalue weighted by molar-refractivity contribution is 7.14. The van der Waals surface area contributed by atoms with Crippen molar-refractivity contribution in [3.63, 3.8) is 0 Å². The van der Waals surface area contributed by atoms with E-state index in [9.17, 15) is 24.0 Å². The standard InChI is InChI=1S/C22H21N5O2.C22H20N4O2.C22H20N4OS.C21H19N5O3.C21H19N5OS/c1-13-3-5-15-8-17(22(28)25-18(15)7-13)20-21(24-10-16-9-23-12-29-16)27-11-14(2)4-6-19(27)26-20;2*1-13-5-7-15-11-16(22(27)23-17(15)10-13)20-21(25-19-4-3-9-28-19)26-12-14(2)6-8-18(26)24-20;1-12-3-6-17-24-19(20(26(17)10-12)25-18-9-22-11-29-18)15-7-13-4-5-14(28-2)8-16(13)23-21(15)27;1-12-3-5-14-8-15(21(27)23-16(14)7-12)19-20(25-18-9-22-11-28-18)26-10-13(2)4-6-17(26)24-19/h3-7,9,11-12,17,24H,8,10H2,1-2H3,(H,25,28);2*3-10,12,16,25H,11H2,1-2H3,(H,23,27);3-6,8-11,15,25H,7H2,1-2H3,(H,23,27);3-7,9-11,15,25H,8H2,1-2H3,(H,23,27). The van der Waals surface area contributed by atoms with Crippen LogP contribution >= 0.6 is 22.7 Å². The van der Waals surface area contributed by atoms with Gasteiger partial charge < -0.3 is 71.2 Å². The summed E-state index contributed by atoms with van der Waals surface area (Å²) in [4.78, 5) is 101. The molecule has 5 unspecified atom stereocenters. The Labute approximate surface area is 822 Å². The summed E-state index contributed by atoms with van der Waals surface area (Å²) < 4.78 is 31.4. The molecule has 32 nitrogen and oxygen atoms in total. The number of thiophene rings is 1.